The summed E-state index contributed by atoms with van der Waals surface area (Å²) in [5, 5.41) is 0. The van der Waals surface area contributed by atoms with Crippen molar-refractivity contribution in [1.29, 1.82) is 0 Å². The van der Waals surface area contributed by atoms with E-state index in [0.717, 1.165) is 23.5 Å². The minimum absolute atomic E-state index is 0.254. The zero-order valence-electron chi connectivity index (χ0n) is 13.1. The van der Waals surface area contributed by atoms with Gasteiger partial charge in [-0.05, 0) is 31.1 Å². The molecule has 0 bridgehead atoms. The summed E-state index contributed by atoms with van der Waals surface area (Å²) < 4.78 is 11.9. The Labute approximate surface area is 127 Å². The molecule has 3 rings (SSSR count). The fourth-order valence-electron chi connectivity index (χ4n) is 3.67. The van der Waals surface area contributed by atoms with E-state index in [1.165, 1.54) is 0 Å². The lowest BCUT2D eigenvalue weighted by Gasteiger charge is -2.44. The number of ketones is 1. The second-order valence-corrected chi connectivity index (χ2v) is 11.3. The van der Waals surface area contributed by atoms with Crippen molar-refractivity contribution in [2.45, 2.75) is 37.9 Å². The molecule has 0 spiro atoms. The number of fused-ring (bicyclic) bond motifs is 1. The van der Waals surface area contributed by atoms with E-state index in [-0.39, 0.29) is 11.7 Å². The van der Waals surface area contributed by atoms with E-state index < -0.39 is 13.7 Å². The van der Waals surface area contributed by atoms with E-state index >= 15 is 0 Å². The highest BCUT2D eigenvalue weighted by atomic mass is 28.4. The minimum Gasteiger partial charge on any atom is -0.545 e. The molecular formula is C17H22O3Si. The van der Waals surface area contributed by atoms with Gasteiger partial charge in [0.2, 0.25) is 8.32 Å². The van der Waals surface area contributed by atoms with Gasteiger partial charge in [-0.25, -0.2) is 0 Å². The molecule has 2 atom stereocenters. The molecule has 2 aliphatic rings. The molecule has 0 aromatic heterocycles. The van der Waals surface area contributed by atoms with Crippen LogP contribution < -0.4 is 0 Å². The Kier molecular flexibility index (Phi) is 3.24. The fourth-order valence-corrected chi connectivity index (χ4v) is 4.58. The summed E-state index contributed by atoms with van der Waals surface area (Å²) in [7, 11) is -0.0624. The third kappa shape index (κ3) is 2.04. The van der Waals surface area contributed by atoms with Crippen LogP contribution in [0.2, 0.25) is 19.6 Å². The Bertz CT molecular complexity index is 600. The highest BCUT2D eigenvalue weighted by Crippen LogP contribution is 2.59. The van der Waals surface area contributed by atoms with Gasteiger partial charge in [0.25, 0.3) is 0 Å². The number of Topliss-reactive ketones (excluding diaryl/α,β-unsaturated/α-hetero) is 1. The molecule has 0 radical (unpaired) electrons. The number of carbonyl (C=O) groups is 1. The van der Waals surface area contributed by atoms with E-state index in [9.17, 15) is 4.79 Å². The molecule has 1 aromatic carbocycles. The van der Waals surface area contributed by atoms with Gasteiger partial charge in [0.1, 0.15) is 16.9 Å². The maximum absolute atomic E-state index is 12.6. The third-order valence-electron chi connectivity index (χ3n) is 4.39. The predicted octanol–water partition coefficient (Wildman–Crippen LogP) is 3.63. The molecule has 2 aliphatic carbocycles. The monoisotopic (exact) mass is 302 g/mol. The predicted molar refractivity (Wildman–Crippen MR) is 84.3 cm³/mol. The maximum atomic E-state index is 12.6. The topological polar surface area (TPSA) is 35.5 Å². The molecule has 0 saturated heterocycles. The number of benzene rings is 1. The zero-order valence-corrected chi connectivity index (χ0v) is 14.1. The van der Waals surface area contributed by atoms with Crippen molar-refractivity contribution in [3.63, 3.8) is 0 Å². The Balaban J connectivity index is 2.10. The maximum Gasteiger partial charge on any atom is 0.241 e. The molecule has 4 heteroatoms. The number of rotatable bonds is 4. The first-order valence-electron chi connectivity index (χ1n) is 7.45. The Morgan fingerprint density at radius 3 is 2.33 bits per heavy atom. The number of allylic oxidation sites excluding steroid dienone is 2. The quantitative estimate of drug-likeness (QED) is 0.797. The summed E-state index contributed by atoms with van der Waals surface area (Å²) >= 11 is 0. The van der Waals surface area contributed by atoms with Gasteiger partial charge in [0.05, 0.1) is 7.11 Å². The van der Waals surface area contributed by atoms with Gasteiger partial charge < -0.3 is 9.16 Å². The van der Waals surface area contributed by atoms with Gasteiger partial charge in [-0.2, -0.15) is 0 Å². The van der Waals surface area contributed by atoms with Crippen molar-refractivity contribution < 1.29 is 14.0 Å². The zero-order chi connectivity index (χ0) is 15.3. The molecular weight excluding hydrogens is 280 g/mol. The van der Waals surface area contributed by atoms with Crippen LogP contribution in [0.4, 0.5) is 0 Å². The molecule has 0 N–H and O–H groups in total. The van der Waals surface area contributed by atoms with Crippen molar-refractivity contribution in [3.8, 4) is 0 Å². The minimum atomic E-state index is -1.72. The van der Waals surface area contributed by atoms with Crippen molar-refractivity contribution in [1.82, 2.24) is 0 Å². The lowest BCUT2D eigenvalue weighted by molar-refractivity contribution is -0.136. The van der Waals surface area contributed by atoms with Crippen LogP contribution in [-0.4, -0.2) is 21.2 Å². The van der Waals surface area contributed by atoms with Gasteiger partial charge in [0.15, 0.2) is 5.78 Å². The summed E-state index contributed by atoms with van der Waals surface area (Å²) in [4.78, 5) is 12.6. The van der Waals surface area contributed by atoms with E-state index in [2.05, 4.69) is 19.6 Å². The van der Waals surface area contributed by atoms with Crippen molar-refractivity contribution >= 4 is 14.1 Å². The van der Waals surface area contributed by atoms with Gasteiger partial charge in [-0.1, -0.05) is 30.3 Å². The van der Waals surface area contributed by atoms with Crippen molar-refractivity contribution in [2.75, 3.05) is 7.11 Å². The second kappa shape index (κ2) is 4.73. The average Bonchev–Trinajstić information content (AvgIpc) is 2.66. The molecule has 0 amide bonds. The highest BCUT2D eigenvalue weighted by molar-refractivity contribution is 6.70. The average molecular weight is 302 g/mol. The first-order chi connectivity index (χ1) is 9.89. The second-order valence-electron chi connectivity index (χ2n) is 6.87. The van der Waals surface area contributed by atoms with Crippen LogP contribution in [0.1, 0.15) is 18.4 Å². The smallest absolute Gasteiger partial charge is 0.241 e. The van der Waals surface area contributed by atoms with Crippen LogP contribution in [0.25, 0.3) is 0 Å². The van der Waals surface area contributed by atoms with Gasteiger partial charge in [0, 0.05) is 12.8 Å². The van der Waals surface area contributed by atoms with Crippen molar-refractivity contribution in [3.05, 3.63) is 47.4 Å². The van der Waals surface area contributed by atoms with E-state index in [1.54, 1.807) is 7.11 Å². The first kappa shape index (κ1) is 14.4. The highest BCUT2D eigenvalue weighted by Gasteiger charge is 2.64. The lowest BCUT2D eigenvalue weighted by Crippen LogP contribution is -2.52. The van der Waals surface area contributed by atoms with Crippen LogP contribution in [0.5, 0.6) is 0 Å². The van der Waals surface area contributed by atoms with Crippen LogP contribution in [0.15, 0.2) is 41.9 Å². The Hall–Kier alpha value is -1.55. The number of hydrogen-bond donors (Lipinski definition) is 0. The van der Waals surface area contributed by atoms with E-state index in [0.29, 0.717) is 6.42 Å². The largest absolute Gasteiger partial charge is 0.545 e. The summed E-state index contributed by atoms with van der Waals surface area (Å²) in [6.07, 6.45) is 1.44. The van der Waals surface area contributed by atoms with Gasteiger partial charge in [-0.15, -0.1) is 0 Å². The number of carbonyl (C=O) groups excluding carboxylic acids is 1. The molecule has 21 heavy (non-hydrogen) atoms. The Morgan fingerprint density at radius 1 is 1.14 bits per heavy atom. The number of methoxy groups -OCH3 is 1. The number of hydrogen-bond acceptors (Lipinski definition) is 3. The fraction of sp³-hybridized carbons (Fsp3) is 0.471. The van der Waals surface area contributed by atoms with Crippen LogP contribution in [0, 0.1) is 5.92 Å². The van der Waals surface area contributed by atoms with E-state index in [1.807, 2.05) is 30.3 Å². The first-order valence-corrected chi connectivity index (χ1v) is 10.9. The molecule has 3 nitrogen and oxygen atoms in total. The lowest BCUT2D eigenvalue weighted by atomic mass is 9.57. The van der Waals surface area contributed by atoms with Gasteiger partial charge in [-0.3, -0.25) is 4.79 Å². The van der Waals surface area contributed by atoms with Crippen LogP contribution >= 0.6 is 0 Å². The summed E-state index contributed by atoms with van der Waals surface area (Å²) in [5.41, 5.74) is 0.447. The van der Waals surface area contributed by atoms with Gasteiger partial charge >= 0.3 is 0 Å². The molecule has 1 aromatic rings. The molecule has 0 aliphatic heterocycles. The molecule has 0 heterocycles. The standard InChI is InChI=1S/C17H22O3Si/c1-19-16-14(20-21(2,3)4)10-13-11-15(18)17(13,16)12-8-6-5-7-9-12/h5-9,13H,10-11H2,1-4H3/t13-,17-/m1/s1. The number of ether oxygens (including phenoxy) is 1. The van der Waals surface area contributed by atoms with E-state index in [4.69, 9.17) is 9.16 Å². The molecule has 1 fully saturated rings. The summed E-state index contributed by atoms with van der Waals surface area (Å²) in [6.45, 7) is 6.47. The normalized spacial score (nSPS) is 28.2. The van der Waals surface area contributed by atoms with Crippen LogP contribution in [-0.2, 0) is 19.4 Å². The molecule has 1 saturated carbocycles. The van der Waals surface area contributed by atoms with Crippen molar-refractivity contribution in [2.24, 2.45) is 5.92 Å². The molecule has 112 valence electrons. The van der Waals surface area contributed by atoms with Crippen LogP contribution in [0.3, 0.4) is 0 Å². The summed E-state index contributed by atoms with van der Waals surface area (Å²) in [5.74, 6) is 2.19. The molecule has 0 unspecified atom stereocenters. The Morgan fingerprint density at radius 2 is 1.81 bits per heavy atom. The SMILES string of the molecule is COC1=C(O[Si](C)(C)C)C[C@@H]2CC(=O)[C@]12c1ccccc1. The summed E-state index contributed by atoms with van der Waals surface area (Å²) in [6, 6.07) is 10.00. The third-order valence-corrected chi connectivity index (χ3v) is 5.25.